The van der Waals surface area contributed by atoms with E-state index in [1.165, 1.54) is 64.5 Å². The van der Waals surface area contributed by atoms with Gasteiger partial charge in [-0.3, -0.25) is 4.90 Å². The fourth-order valence-corrected chi connectivity index (χ4v) is 4.94. The van der Waals surface area contributed by atoms with Crippen LogP contribution in [0.3, 0.4) is 0 Å². The quantitative estimate of drug-likeness (QED) is 0.817. The standard InChI is InChI=1S/C18H36N2/c1-5-15-11-7-8-12-16(15)17(19-4)18(2,3)20-13-9-6-10-14-20/h15-17,19H,5-14H2,1-4H3. The maximum absolute atomic E-state index is 3.73. The van der Waals surface area contributed by atoms with Crippen molar-refractivity contribution in [2.45, 2.75) is 83.7 Å². The highest BCUT2D eigenvalue weighted by Gasteiger charge is 2.42. The molecule has 0 amide bonds. The molecule has 20 heavy (non-hydrogen) atoms. The maximum atomic E-state index is 3.73. The molecule has 2 heteroatoms. The first kappa shape index (κ1) is 16.3. The average Bonchev–Trinajstić information content (AvgIpc) is 2.49. The molecule has 1 saturated carbocycles. The van der Waals surface area contributed by atoms with Crippen molar-refractivity contribution in [2.75, 3.05) is 20.1 Å². The molecule has 0 aromatic heterocycles. The lowest BCUT2D eigenvalue weighted by molar-refractivity contribution is 0.0192. The molecular formula is C18H36N2. The Hall–Kier alpha value is -0.0800. The predicted molar refractivity (Wildman–Crippen MR) is 88.1 cm³/mol. The Morgan fingerprint density at radius 1 is 1.05 bits per heavy atom. The van der Waals surface area contributed by atoms with Crippen LogP contribution in [0, 0.1) is 11.8 Å². The molecule has 1 heterocycles. The van der Waals surface area contributed by atoms with Crippen LogP contribution in [-0.4, -0.2) is 36.6 Å². The number of hydrogen-bond acceptors (Lipinski definition) is 2. The summed E-state index contributed by atoms with van der Waals surface area (Å²) in [5.74, 6) is 1.81. The highest BCUT2D eigenvalue weighted by atomic mass is 15.2. The Morgan fingerprint density at radius 3 is 2.30 bits per heavy atom. The second-order valence-electron chi connectivity index (χ2n) is 7.58. The SMILES string of the molecule is CCC1CCCCC1C(NC)C(C)(C)N1CCCCC1. The van der Waals surface area contributed by atoms with Crippen molar-refractivity contribution in [3.63, 3.8) is 0 Å². The number of likely N-dealkylation sites (tertiary alicyclic amines) is 1. The van der Waals surface area contributed by atoms with Crippen LogP contribution in [0.1, 0.15) is 72.1 Å². The van der Waals surface area contributed by atoms with Gasteiger partial charge in [0.1, 0.15) is 0 Å². The molecule has 2 aliphatic rings. The van der Waals surface area contributed by atoms with E-state index in [1.807, 2.05) is 0 Å². The normalized spacial score (nSPS) is 31.2. The van der Waals surface area contributed by atoms with Gasteiger partial charge in [0.05, 0.1) is 0 Å². The van der Waals surface area contributed by atoms with Crippen LogP contribution in [0.25, 0.3) is 0 Å². The van der Waals surface area contributed by atoms with Gasteiger partial charge in [-0.05, 0) is 65.1 Å². The van der Waals surface area contributed by atoms with Crippen LogP contribution >= 0.6 is 0 Å². The van der Waals surface area contributed by atoms with Gasteiger partial charge in [0.25, 0.3) is 0 Å². The van der Waals surface area contributed by atoms with Crippen LogP contribution in [0.2, 0.25) is 0 Å². The van der Waals surface area contributed by atoms with Gasteiger partial charge in [-0.1, -0.05) is 39.0 Å². The molecule has 0 aromatic rings. The minimum Gasteiger partial charge on any atom is -0.315 e. The number of hydrogen-bond donors (Lipinski definition) is 1. The second-order valence-corrected chi connectivity index (χ2v) is 7.58. The highest BCUT2D eigenvalue weighted by molar-refractivity contribution is 4.99. The van der Waals surface area contributed by atoms with Gasteiger partial charge in [0.2, 0.25) is 0 Å². The van der Waals surface area contributed by atoms with Crippen LogP contribution in [-0.2, 0) is 0 Å². The first-order valence-electron chi connectivity index (χ1n) is 9.03. The smallest absolute Gasteiger partial charge is 0.0308 e. The molecule has 3 atom stereocenters. The van der Waals surface area contributed by atoms with Gasteiger partial charge in [0.15, 0.2) is 0 Å². The lowest BCUT2D eigenvalue weighted by Crippen LogP contribution is -2.62. The maximum Gasteiger partial charge on any atom is 0.0308 e. The molecule has 2 nitrogen and oxygen atoms in total. The number of piperidine rings is 1. The lowest BCUT2D eigenvalue weighted by Gasteiger charge is -2.51. The Labute approximate surface area is 126 Å². The summed E-state index contributed by atoms with van der Waals surface area (Å²) in [5.41, 5.74) is 0.296. The lowest BCUT2D eigenvalue weighted by atomic mass is 9.69. The van der Waals surface area contributed by atoms with Gasteiger partial charge >= 0.3 is 0 Å². The van der Waals surface area contributed by atoms with Crippen molar-refractivity contribution in [3.8, 4) is 0 Å². The first-order valence-corrected chi connectivity index (χ1v) is 9.03. The fraction of sp³-hybridized carbons (Fsp3) is 1.00. The van der Waals surface area contributed by atoms with Crippen molar-refractivity contribution in [2.24, 2.45) is 11.8 Å². The third-order valence-corrected chi connectivity index (χ3v) is 6.16. The highest BCUT2D eigenvalue weighted by Crippen LogP contribution is 2.39. The monoisotopic (exact) mass is 280 g/mol. The molecule has 0 spiro atoms. The van der Waals surface area contributed by atoms with Crippen molar-refractivity contribution < 1.29 is 0 Å². The molecule has 3 unspecified atom stereocenters. The van der Waals surface area contributed by atoms with E-state index in [-0.39, 0.29) is 0 Å². The second kappa shape index (κ2) is 7.26. The van der Waals surface area contributed by atoms with Crippen LogP contribution in [0.15, 0.2) is 0 Å². The minimum absolute atomic E-state index is 0.296. The Balaban J connectivity index is 2.11. The summed E-state index contributed by atoms with van der Waals surface area (Å²) in [6.45, 7) is 9.97. The van der Waals surface area contributed by atoms with E-state index in [2.05, 4.69) is 38.0 Å². The van der Waals surface area contributed by atoms with Gasteiger partial charge in [-0.15, -0.1) is 0 Å². The van der Waals surface area contributed by atoms with Crippen molar-refractivity contribution >= 4 is 0 Å². The average molecular weight is 280 g/mol. The van der Waals surface area contributed by atoms with Gasteiger partial charge in [0, 0.05) is 11.6 Å². The Bertz CT molecular complexity index is 281. The zero-order chi connectivity index (χ0) is 14.6. The zero-order valence-corrected chi connectivity index (χ0v) is 14.3. The van der Waals surface area contributed by atoms with E-state index in [0.29, 0.717) is 11.6 Å². The summed E-state index contributed by atoms with van der Waals surface area (Å²) in [4.78, 5) is 2.76. The van der Waals surface area contributed by atoms with E-state index in [4.69, 9.17) is 0 Å². The van der Waals surface area contributed by atoms with Gasteiger partial charge in [-0.2, -0.15) is 0 Å². The summed E-state index contributed by atoms with van der Waals surface area (Å²) in [6.07, 6.45) is 11.3. The molecule has 0 bridgehead atoms. The first-order chi connectivity index (χ1) is 9.61. The third-order valence-electron chi connectivity index (χ3n) is 6.16. The Morgan fingerprint density at radius 2 is 1.70 bits per heavy atom. The molecule has 2 rings (SSSR count). The summed E-state index contributed by atoms with van der Waals surface area (Å²) in [7, 11) is 2.19. The van der Waals surface area contributed by atoms with Gasteiger partial charge < -0.3 is 5.32 Å². The summed E-state index contributed by atoms with van der Waals surface area (Å²) >= 11 is 0. The third kappa shape index (κ3) is 3.39. The van der Waals surface area contributed by atoms with E-state index in [1.54, 1.807) is 0 Å². The van der Waals surface area contributed by atoms with Crippen LogP contribution in [0.4, 0.5) is 0 Å². The van der Waals surface area contributed by atoms with Crippen molar-refractivity contribution in [1.29, 1.82) is 0 Å². The van der Waals surface area contributed by atoms with E-state index < -0.39 is 0 Å². The largest absolute Gasteiger partial charge is 0.315 e. The molecule has 0 aromatic carbocycles. The Kier molecular flexibility index (Phi) is 5.92. The molecule has 1 aliphatic heterocycles. The number of nitrogens with one attached hydrogen (secondary N) is 1. The summed E-state index contributed by atoms with van der Waals surface area (Å²) in [5, 5.41) is 3.73. The molecule has 1 saturated heterocycles. The van der Waals surface area contributed by atoms with E-state index in [9.17, 15) is 0 Å². The molecule has 0 radical (unpaired) electrons. The summed E-state index contributed by atoms with van der Waals surface area (Å²) in [6, 6.07) is 0.644. The molecule has 1 aliphatic carbocycles. The molecule has 1 N–H and O–H groups in total. The predicted octanol–water partition coefficient (Wildman–Crippen LogP) is 4.06. The summed E-state index contributed by atoms with van der Waals surface area (Å²) < 4.78 is 0. The van der Waals surface area contributed by atoms with E-state index in [0.717, 1.165) is 11.8 Å². The van der Waals surface area contributed by atoms with Crippen molar-refractivity contribution in [1.82, 2.24) is 10.2 Å². The molecule has 118 valence electrons. The number of rotatable bonds is 5. The molecular weight excluding hydrogens is 244 g/mol. The minimum atomic E-state index is 0.296. The van der Waals surface area contributed by atoms with Crippen LogP contribution in [0.5, 0.6) is 0 Å². The number of nitrogens with zero attached hydrogens (tertiary/aromatic N) is 1. The number of likely N-dealkylation sites (N-methyl/N-ethyl adjacent to an activating group) is 1. The van der Waals surface area contributed by atoms with Crippen LogP contribution < -0.4 is 5.32 Å². The van der Waals surface area contributed by atoms with E-state index >= 15 is 0 Å². The van der Waals surface area contributed by atoms with Gasteiger partial charge in [-0.25, -0.2) is 0 Å². The zero-order valence-electron chi connectivity index (χ0n) is 14.3. The topological polar surface area (TPSA) is 15.3 Å². The van der Waals surface area contributed by atoms with Crippen molar-refractivity contribution in [3.05, 3.63) is 0 Å². The molecule has 2 fully saturated rings. The fourth-order valence-electron chi connectivity index (χ4n) is 4.94.